The summed E-state index contributed by atoms with van der Waals surface area (Å²) in [6, 6.07) is 8.77. The van der Waals surface area contributed by atoms with E-state index in [1.165, 1.54) is 12.1 Å². The molecule has 2 rings (SSSR count). The highest BCUT2D eigenvalue weighted by molar-refractivity contribution is 6.10. The van der Waals surface area contributed by atoms with Crippen LogP contribution >= 0.6 is 0 Å². The number of halogens is 5. The van der Waals surface area contributed by atoms with Gasteiger partial charge >= 0.3 is 6.18 Å². The first kappa shape index (κ1) is 18.1. The molecule has 1 amide bonds. The Hall–Kier alpha value is -3.21. The fraction of sp³-hybridized carbons (Fsp3) is 0.0588. The molecule has 0 fully saturated rings. The van der Waals surface area contributed by atoms with Crippen molar-refractivity contribution in [2.45, 2.75) is 6.18 Å². The zero-order chi connectivity index (χ0) is 18.6. The van der Waals surface area contributed by atoms with Gasteiger partial charge < -0.3 is 5.32 Å². The van der Waals surface area contributed by atoms with Crippen molar-refractivity contribution in [1.82, 2.24) is 0 Å². The van der Waals surface area contributed by atoms with Crippen LogP contribution in [0, 0.1) is 23.0 Å². The molecular weight excluding hydrogens is 343 g/mol. The zero-order valence-corrected chi connectivity index (χ0v) is 12.4. The number of nitriles is 1. The zero-order valence-electron chi connectivity index (χ0n) is 12.4. The van der Waals surface area contributed by atoms with E-state index in [1.54, 1.807) is 0 Å². The van der Waals surface area contributed by atoms with Gasteiger partial charge in [-0.3, -0.25) is 4.79 Å². The number of para-hydroxylation sites is 1. The Morgan fingerprint density at radius 2 is 1.76 bits per heavy atom. The molecule has 0 aliphatic carbocycles. The molecule has 2 aromatic carbocycles. The van der Waals surface area contributed by atoms with E-state index in [2.05, 4.69) is 0 Å². The van der Waals surface area contributed by atoms with Gasteiger partial charge in [0.25, 0.3) is 5.91 Å². The van der Waals surface area contributed by atoms with E-state index >= 15 is 0 Å². The minimum absolute atomic E-state index is 0.379. The first-order chi connectivity index (χ1) is 11.7. The van der Waals surface area contributed by atoms with Crippen molar-refractivity contribution in [3.63, 3.8) is 0 Å². The first-order valence-corrected chi connectivity index (χ1v) is 6.77. The number of amides is 1. The summed E-state index contributed by atoms with van der Waals surface area (Å²) in [6.07, 6.45) is -3.96. The normalized spacial score (nSPS) is 11.8. The van der Waals surface area contributed by atoms with Crippen LogP contribution in [-0.2, 0) is 11.0 Å². The van der Waals surface area contributed by atoms with Gasteiger partial charge in [-0.15, -0.1) is 0 Å². The lowest BCUT2D eigenvalue weighted by atomic mass is 10.1. The number of benzene rings is 2. The van der Waals surface area contributed by atoms with E-state index in [4.69, 9.17) is 5.26 Å². The topological polar surface area (TPSA) is 52.9 Å². The highest BCUT2D eigenvalue weighted by atomic mass is 19.4. The Morgan fingerprint density at radius 3 is 2.40 bits per heavy atom. The molecule has 0 heterocycles. The summed E-state index contributed by atoms with van der Waals surface area (Å²) in [5, 5.41) is 11.0. The second-order valence-corrected chi connectivity index (χ2v) is 4.81. The van der Waals surface area contributed by atoms with Crippen molar-refractivity contribution >= 4 is 17.7 Å². The lowest BCUT2D eigenvalue weighted by Crippen LogP contribution is -2.17. The Bertz CT molecular complexity index is 881. The molecule has 128 valence electrons. The Balaban J connectivity index is 2.36. The van der Waals surface area contributed by atoms with E-state index in [-0.39, 0.29) is 5.56 Å². The Kier molecular flexibility index (Phi) is 5.17. The Morgan fingerprint density at radius 1 is 1.08 bits per heavy atom. The number of anilines is 1. The number of hydrogen-bond acceptors (Lipinski definition) is 2. The van der Waals surface area contributed by atoms with Gasteiger partial charge in [0.05, 0.1) is 11.3 Å². The van der Waals surface area contributed by atoms with E-state index in [9.17, 15) is 26.7 Å². The highest BCUT2D eigenvalue weighted by Gasteiger charge is 2.33. The van der Waals surface area contributed by atoms with Crippen LogP contribution in [0.3, 0.4) is 0 Å². The molecule has 8 heteroatoms. The predicted molar refractivity (Wildman–Crippen MR) is 80.0 cm³/mol. The summed E-state index contributed by atoms with van der Waals surface area (Å²) in [7, 11) is 0. The average molecular weight is 352 g/mol. The van der Waals surface area contributed by atoms with E-state index in [0.29, 0.717) is 0 Å². The maximum atomic E-state index is 13.6. The molecule has 0 atom stereocenters. The number of rotatable bonds is 3. The number of carbonyl (C=O) groups excluding carboxylic acids is 1. The van der Waals surface area contributed by atoms with Gasteiger partial charge in [-0.1, -0.05) is 24.3 Å². The molecule has 2 aromatic rings. The SMILES string of the molecule is N#CC(=Cc1cccc(F)c1F)C(=O)Nc1ccccc1C(F)(F)F. The van der Waals surface area contributed by atoms with E-state index in [1.807, 2.05) is 5.32 Å². The largest absolute Gasteiger partial charge is 0.418 e. The van der Waals surface area contributed by atoms with Crippen LogP contribution in [0.1, 0.15) is 11.1 Å². The number of alkyl halides is 3. The average Bonchev–Trinajstić information content (AvgIpc) is 2.55. The monoisotopic (exact) mass is 352 g/mol. The second kappa shape index (κ2) is 7.13. The van der Waals surface area contributed by atoms with Crippen LogP contribution in [-0.4, -0.2) is 5.91 Å². The van der Waals surface area contributed by atoms with Gasteiger partial charge in [-0.2, -0.15) is 18.4 Å². The molecule has 0 aliphatic heterocycles. The van der Waals surface area contributed by atoms with Crippen LogP contribution in [0.25, 0.3) is 6.08 Å². The lowest BCUT2D eigenvalue weighted by molar-refractivity contribution is -0.137. The van der Waals surface area contributed by atoms with E-state index < -0.39 is 40.5 Å². The van der Waals surface area contributed by atoms with Crippen LogP contribution in [0.5, 0.6) is 0 Å². The molecule has 0 saturated heterocycles. The van der Waals surface area contributed by atoms with Crippen LogP contribution in [0.4, 0.5) is 27.6 Å². The smallest absolute Gasteiger partial charge is 0.321 e. The maximum absolute atomic E-state index is 13.6. The highest BCUT2D eigenvalue weighted by Crippen LogP contribution is 2.34. The van der Waals surface area contributed by atoms with Gasteiger partial charge in [0, 0.05) is 5.56 Å². The summed E-state index contributed by atoms with van der Waals surface area (Å²) >= 11 is 0. The molecule has 0 bridgehead atoms. The molecular formula is C17H9F5N2O. The number of hydrogen-bond donors (Lipinski definition) is 1. The quantitative estimate of drug-likeness (QED) is 0.501. The van der Waals surface area contributed by atoms with Gasteiger partial charge in [0.1, 0.15) is 11.6 Å². The fourth-order valence-electron chi connectivity index (χ4n) is 1.97. The van der Waals surface area contributed by atoms with Gasteiger partial charge in [-0.25, -0.2) is 8.78 Å². The molecule has 1 N–H and O–H groups in total. The molecule has 0 radical (unpaired) electrons. The summed E-state index contributed by atoms with van der Waals surface area (Å²) < 4.78 is 65.5. The number of carbonyl (C=O) groups is 1. The summed E-state index contributed by atoms with van der Waals surface area (Å²) in [5.74, 6) is -3.64. The lowest BCUT2D eigenvalue weighted by Gasteiger charge is -2.13. The van der Waals surface area contributed by atoms with Crippen molar-refractivity contribution in [3.8, 4) is 6.07 Å². The molecule has 0 aliphatic rings. The first-order valence-electron chi connectivity index (χ1n) is 6.77. The standard InChI is InChI=1S/C17H9F5N2O/c18-13-6-3-4-10(15(13)19)8-11(9-23)16(25)24-14-7-2-1-5-12(14)17(20,21)22/h1-8H,(H,24,25). The van der Waals surface area contributed by atoms with Crippen LogP contribution < -0.4 is 5.32 Å². The fourth-order valence-corrected chi connectivity index (χ4v) is 1.97. The molecule has 3 nitrogen and oxygen atoms in total. The summed E-state index contributed by atoms with van der Waals surface area (Å²) in [5.41, 5.74) is -2.71. The van der Waals surface area contributed by atoms with Crippen molar-refractivity contribution in [1.29, 1.82) is 5.26 Å². The minimum atomic E-state index is -4.71. The van der Waals surface area contributed by atoms with Gasteiger partial charge in [-0.05, 0) is 24.3 Å². The van der Waals surface area contributed by atoms with Crippen molar-refractivity contribution in [2.75, 3.05) is 5.32 Å². The van der Waals surface area contributed by atoms with Gasteiger partial charge in [0.15, 0.2) is 11.6 Å². The molecule has 0 spiro atoms. The third kappa shape index (κ3) is 4.20. The second-order valence-electron chi connectivity index (χ2n) is 4.81. The predicted octanol–water partition coefficient (Wildman–Crippen LogP) is 4.53. The summed E-state index contributed by atoms with van der Waals surface area (Å²) in [4.78, 5) is 12.0. The number of nitrogens with one attached hydrogen (secondary N) is 1. The van der Waals surface area contributed by atoms with Crippen molar-refractivity contribution < 1.29 is 26.7 Å². The third-order valence-electron chi connectivity index (χ3n) is 3.13. The molecule has 25 heavy (non-hydrogen) atoms. The maximum Gasteiger partial charge on any atom is 0.418 e. The molecule has 0 unspecified atom stereocenters. The summed E-state index contributed by atoms with van der Waals surface area (Å²) in [6.45, 7) is 0. The molecule has 0 saturated carbocycles. The van der Waals surface area contributed by atoms with Crippen molar-refractivity contribution in [3.05, 3.63) is 70.8 Å². The van der Waals surface area contributed by atoms with Crippen molar-refractivity contribution in [2.24, 2.45) is 0 Å². The van der Waals surface area contributed by atoms with Crippen LogP contribution in [0.2, 0.25) is 0 Å². The third-order valence-corrected chi connectivity index (χ3v) is 3.13. The molecule has 0 aromatic heterocycles. The van der Waals surface area contributed by atoms with Crippen LogP contribution in [0.15, 0.2) is 48.0 Å². The number of nitrogens with zero attached hydrogens (tertiary/aromatic N) is 1. The Labute approximate surface area is 139 Å². The minimum Gasteiger partial charge on any atom is -0.321 e. The van der Waals surface area contributed by atoms with E-state index in [0.717, 1.165) is 42.5 Å². The van der Waals surface area contributed by atoms with Gasteiger partial charge in [0.2, 0.25) is 0 Å².